The first-order chi connectivity index (χ1) is 7.75. The van der Waals surface area contributed by atoms with Crippen LogP contribution in [-0.2, 0) is 13.1 Å². The van der Waals surface area contributed by atoms with Gasteiger partial charge in [-0.1, -0.05) is 6.07 Å². The number of hydrogen-bond donors (Lipinski definition) is 1. The molecule has 2 aromatic heterocycles. The van der Waals surface area contributed by atoms with Crippen molar-refractivity contribution in [3.05, 3.63) is 45.7 Å². The number of rotatable bonds is 4. The van der Waals surface area contributed by atoms with E-state index in [0.29, 0.717) is 0 Å². The van der Waals surface area contributed by atoms with Crippen molar-refractivity contribution in [2.45, 2.75) is 26.9 Å². The molecule has 0 unspecified atom stereocenters. The van der Waals surface area contributed by atoms with Gasteiger partial charge in [0.25, 0.3) is 0 Å². The van der Waals surface area contributed by atoms with Gasteiger partial charge in [0.1, 0.15) is 0 Å². The molecule has 0 spiro atoms. The first-order valence-corrected chi connectivity index (χ1v) is 6.15. The van der Waals surface area contributed by atoms with Gasteiger partial charge >= 0.3 is 0 Å². The van der Waals surface area contributed by atoms with Crippen LogP contribution in [0.1, 0.15) is 21.8 Å². The first kappa shape index (κ1) is 11.2. The maximum absolute atomic E-state index is 4.26. The van der Waals surface area contributed by atoms with Crippen molar-refractivity contribution < 1.29 is 0 Å². The highest BCUT2D eigenvalue weighted by atomic mass is 32.1. The maximum Gasteiger partial charge on any atom is 0.0798 e. The van der Waals surface area contributed by atoms with Crippen molar-refractivity contribution in [3.63, 3.8) is 0 Å². The Labute approximate surface area is 99.6 Å². The van der Waals surface area contributed by atoms with Crippen LogP contribution in [0.3, 0.4) is 0 Å². The molecule has 0 amide bonds. The zero-order chi connectivity index (χ0) is 11.4. The van der Waals surface area contributed by atoms with E-state index in [9.17, 15) is 0 Å². The Morgan fingerprint density at radius 3 is 2.69 bits per heavy atom. The second-order valence-corrected chi connectivity index (χ2v) is 4.71. The largest absolute Gasteiger partial charge is 0.308 e. The minimum absolute atomic E-state index is 0.852. The number of nitrogens with zero attached hydrogens (tertiary/aromatic N) is 2. The van der Waals surface area contributed by atoms with Crippen molar-refractivity contribution in [3.8, 4) is 0 Å². The lowest BCUT2D eigenvalue weighted by molar-refractivity contribution is 0.694. The molecule has 0 fully saturated rings. The molecule has 16 heavy (non-hydrogen) atoms. The summed E-state index contributed by atoms with van der Waals surface area (Å²) in [7, 11) is 0. The van der Waals surface area contributed by atoms with E-state index in [1.165, 1.54) is 10.4 Å². The van der Waals surface area contributed by atoms with Gasteiger partial charge in [0.2, 0.25) is 0 Å². The molecule has 4 heteroatoms. The third kappa shape index (κ3) is 2.87. The van der Waals surface area contributed by atoms with E-state index in [0.717, 1.165) is 24.5 Å². The molecule has 2 aromatic rings. The Bertz CT molecular complexity index is 448. The number of hydrogen-bond acceptors (Lipinski definition) is 4. The highest BCUT2D eigenvalue weighted by Crippen LogP contribution is 2.11. The maximum atomic E-state index is 4.26. The van der Waals surface area contributed by atoms with Gasteiger partial charge in [-0.05, 0) is 25.5 Å². The molecule has 0 aliphatic rings. The zero-order valence-corrected chi connectivity index (χ0v) is 10.3. The van der Waals surface area contributed by atoms with Gasteiger partial charge in [0, 0.05) is 29.9 Å². The molecule has 0 aliphatic carbocycles. The topological polar surface area (TPSA) is 37.8 Å². The normalized spacial score (nSPS) is 10.6. The Morgan fingerprint density at radius 1 is 1.19 bits per heavy atom. The molecule has 3 nitrogen and oxygen atoms in total. The smallest absolute Gasteiger partial charge is 0.0798 e. The van der Waals surface area contributed by atoms with Gasteiger partial charge in [0.05, 0.1) is 11.2 Å². The highest BCUT2D eigenvalue weighted by Gasteiger charge is 2.00. The van der Waals surface area contributed by atoms with Crippen LogP contribution in [0.2, 0.25) is 0 Å². The lowest BCUT2D eigenvalue weighted by atomic mass is 10.2. The molecular weight excluding hydrogens is 218 g/mol. The van der Waals surface area contributed by atoms with E-state index in [2.05, 4.69) is 21.4 Å². The van der Waals surface area contributed by atoms with E-state index < -0.39 is 0 Å². The molecule has 2 rings (SSSR count). The summed E-state index contributed by atoms with van der Waals surface area (Å²) in [5.41, 5.74) is 5.29. The van der Waals surface area contributed by atoms with Crippen LogP contribution in [0, 0.1) is 13.8 Å². The fraction of sp³-hybridized carbons (Fsp3) is 0.333. The third-order valence-electron chi connectivity index (χ3n) is 2.43. The van der Waals surface area contributed by atoms with Crippen molar-refractivity contribution >= 4 is 11.3 Å². The lowest BCUT2D eigenvalue weighted by Crippen LogP contribution is -2.12. The van der Waals surface area contributed by atoms with Gasteiger partial charge in [-0.2, -0.15) is 0 Å². The Morgan fingerprint density at radius 2 is 2.06 bits per heavy atom. The van der Waals surface area contributed by atoms with Crippen LogP contribution in [0.4, 0.5) is 0 Å². The van der Waals surface area contributed by atoms with Crippen LogP contribution >= 0.6 is 11.3 Å². The average molecular weight is 233 g/mol. The molecular formula is C12H15N3S. The number of aryl methyl sites for hydroxylation is 2. The summed E-state index contributed by atoms with van der Waals surface area (Å²) < 4.78 is 0. The fourth-order valence-corrected chi connectivity index (χ4v) is 2.17. The summed E-state index contributed by atoms with van der Waals surface area (Å²) in [6.45, 7) is 5.77. The van der Waals surface area contributed by atoms with Crippen molar-refractivity contribution in [1.82, 2.24) is 15.3 Å². The van der Waals surface area contributed by atoms with Gasteiger partial charge in [0.15, 0.2) is 0 Å². The monoisotopic (exact) mass is 233 g/mol. The SMILES string of the molecule is Cc1ccc(CNCc2scnc2C)cn1. The second kappa shape index (κ2) is 5.18. The van der Waals surface area contributed by atoms with E-state index in [-0.39, 0.29) is 0 Å². The number of aromatic nitrogens is 2. The minimum Gasteiger partial charge on any atom is -0.308 e. The van der Waals surface area contributed by atoms with Crippen LogP contribution < -0.4 is 5.32 Å². The van der Waals surface area contributed by atoms with E-state index in [1.807, 2.05) is 31.6 Å². The van der Waals surface area contributed by atoms with Crippen molar-refractivity contribution in [2.75, 3.05) is 0 Å². The fourth-order valence-electron chi connectivity index (χ4n) is 1.42. The Kier molecular flexibility index (Phi) is 3.64. The molecule has 0 saturated heterocycles. The van der Waals surface area contributed by atoms with Crippen molar-refractivity contribution in [2.24, 2.45) is 0 Å². The Balaban J connectivity index is 1.84. The molecule has 0 aliphatic heterocycles. The quantitative estimate of drug-likeness (QED) is 0.881. The van der Waals surface area contributed by atoms with Crippen molar-refractivity contribution in [1.29, 1.82) is 0 Å². The van der Waals surface area contributed by atoms with Crippen LogP contribution in [0.15, 0.2) is 23.8 Å². The van der Waals surface area contributed by atoms with E-state index >= 15 is 0 Å². The predicted molar refractivity (Wildman–Crippen MR) is 66.4 cm³/mol. The van der Waals surface area contributed by atoms with Crippen LogP contribution in [0.25, 0.3) is 0 Å². The lowest BCUT2D eigenvalue weighted by Gasteiger charge is -2.03. The molecule has 0 aromatic carbocycles. The average Bonchev–Trinajstić information content (AvgIpc) is 2.68. The van der Waals surface area contributed by atoms with Gasteiger partial charge < -0.3 is 5.32 Å². The van der Waals surface area contributed by atoms with Gasteiger partial charge in [-0.15, -0.1) is 11.3 Å². The zero-order valence-electron chi connectivity index (χ0n) is 9.53. The standard InChI is InChI=1S/C12H15N3S/c1-9-3-4-11(6-14-9)5-13-7-12-10(2)15-8-16-12/h3-4,6,8,13H,5,7H2,1-2H3. The minimum atomic E-state index is 0.852. The number of thiazole rings is 1. The highest BCUT2D eigenvalue weighted by molar-refractivity contribution is 7.09. The van der Waals surface area contributed by atoms with Gasteiger partial charge in [-0.25, -0.2) is 4.98 Å². The molecule has 1 N–H and O–H groups in total. The molecule has 84 valence electrons. The summed E-state index contributed by atoms with van der Waals surface area (Å²) in [6.07, 6.45) is 1.92. The predicted octanol–water partition coefficient (Wildman–Crippen LogP) is 2.44. The molecule has 0 atom stereocenters. The van der Waals surface area contributed by atoms with Crippen LogP contribution in [-0.4, -0.2) is 9.97 Å². The van der Waals surface area contributed by atoms with E-state index in [1.54, 1.807) is 11.3 Å². The second-order valence-electron chi connectivity index (χ2n) is 3.77. The summed E-state index contributed by atoms with van der Waals surface area (Å²) in [5.74, 6) is 0. The summed E-state index contributed by atoms with van der Waals surface area (Å²) in [4.78, 5) is 9.79. The summed E-state index contributed by atoms with van der Waals surface area (Å²) in [5, 5.41) is 3.39. The molecule has 2 heterocycles. The summed E-state index contributed by atoms with van der Waals surface area (Å²) in [6, 6.07) is 4.14. The van der Waals surface area contributed by atoms with E-state index in [4.69, 9.17) is 0 Å². The molecule has 0 bridgehead atoms. The molecule has 0 radical (unpaired) electrons. The number of nitrogens with one attached hydrogen (secondary N) is 1. The summed E-state index contributed by atoms with van der Waals surface area (Å²) >= 11 is 1.70. The van der Waals surface area contributed by atoms with Gasteiger partial charge in [-0.3, -0.25) is 4.98 Å². The van der Waals surface area contributed by atoms with Crippen LogP contribution in [0.5, 0.6) is 0 Å². The Hall–Kier alpha value is -1.26. The third-order valence-corrected chi connectivity index (χ3v) is 3.37. The number of pyridine rings is 1. The molecule has 0 saturated carbocycles. The first-order valence-electron chi connectivity index (χ1n) is 5.27.